The number of rotatable bonds is 3. The van der Waals surface area contributed by atoms with E-state index in [1.807, 2.05) is 36.6 Å². The molecule has 20 heavy (non-hydrogen) atoms. The maximum atomic E-state index is 6.09. The molecule has 2 heterocycles. The Morgan fingerprint density at radius 1 is 1.20 bits per heavy atom. The average Bonchev–Trinajstić information content (AvgIpc) is 2.85. The van der Waals surface area contributed by atoms with Gasteiger partial charge in [-0.2, -0.15) is 5.10 Å². The summed E-state index contributed by atoms with van der Waals surface area (Å²) in [5, 5.41) is 6.50. The molecule has 0 atom stereocenters. The normalized spacial score (nSPS) is 11.3. The largest absolute Gasteiger partial charge is 0.259 e. The van der Waals surface area contributed by atoms with Gasteiger partial charge < -0.3 is 0 Å². The van der Waals surface area contributed by atoms with Crippen LogP contribution in [0.5, 0.6) is 0 Å². The van der Waals surface area contributed by atoms with E-state index in [2.05, 4.69) is 26.6 Å². The molecule has 0 saturated carbocycles. The number of hydrazone groups is 1. The lowest BCUT2D eigenvalue weighted by atomic mass is 10.3. The zero-order valence-corrected chi connectivity index (χ0v) is 12.2. The zero-order valence-electron chi connectivity index (χ0n) is 10.7. The standard InChI is InChI=1S/C14H11ClN4S/c1-9-6-7-20-12(9)8-16-19-14-13(15)17-10-4-2-3-5-11(10)18-14/h2-8H,1H3,(H,18,19)/b16-8+. The molecule has 0 saturated heterocycles. The van der Waals surface area contributed by atoms with Crippen molar-refractivity contribution in [1.29, 1.82) is 0 Å². The molecular formula is C14H11ClN4S. The SMILES string of the molecule is Cc1ccsc1/C=N/Nc1nc2ccccc2nc1Cl. The van der Waals surface area contributed by atoms with E-state index < -0.39 is 0 Å². The van der Waals surface area contributed by atoms with Gasteiger partial charge in [-0.3, -0.25) is 5.43 Å². The molecule has 0 aliphatic rings. The minimum absolute atomic E-state index is 0.309. The van der Waals surface area contributed by atoms with Crippen molar-refractivity contribution in [2.75, 3.05) is 5.43 Å². The molecule has 0 bridgehead atoms. The smallest absolute Gasteiger partial charge is 0.185 e. The van der Waals surface area contributed by atoms with E-state index in [0.29, 0.717) is 11.0 Å². The van der Waals surface area contributed by atoms with Crippen LogP contribution in [0.4, 0.5) is 5.82 Å². The summed E-state index contributed by atoms with van der Waals surface area (Å²) >= 11 is 7.72. The first-order valence-corrected chi connectivity index (χ1v) is 7.25. The van der Waals surface area contributed by atoms with Crippen LogP contribution >= 0.6 is 22.9 Å². The highest BCUT2D eigenvalue weighted by Crippen LogP contribution is 2.21. The predicted molar refractivity (Wildman–Crippen MR) is 84.8 cm³/mol. The molecule has 0 unspecified atom stereocenters. The van der Waals surface area contributed by atoms with Crippen LogP contribution < -0.4 is 5.43 Å². The number of benzene rings is 1. The maximum Gasteiger partial charge on any atom is 0.185 e. The molecule has 0 radical (unpaired) electrons. The fraction of sp³-hybridized carbons (Fsp3) is 0.0714. The first kappa shape index (κ1) is 13.0. The topological polar surface area (TPSA) is 50.2 Å². The molecule has 3 aromatic rings. The first-order chi connectivity index (χ1) is 9.74. The van der Waals surface area contributed by atoms with Crippen LogP contribution in [0.15, 0.2) is 40.8 Å². The second kappa shape index (κ2) is 5.56. The molecule has 1 aromatic carbocycles. The lowest BCUT2D eigenvalue weighted by molar-refractivity contribution is 1.22. The number of hydrogen-bond donors (Lipinski definition) is 1. The summed E-state index contributed by atoms with van der Waals surface area (Å²) in [6, 6.07) is 9.62. The molecule has 2 aromatic heterocycles. The number of aryl methyl sites for hydroxylation is 1. The summed E-state index contributed by atoms with van der Waals surface area (Å²) in [5.41, 5.74) is 5.58. The van der Waals surface area contributed by atoms with Gasteiger partial charge in [-0.05, 0) is 36.1 Å². The van der Waals surface area contributed by atoms with Crippen molar-refractivity contribution in [3.8, 4) is 0 Å². The Morgan fingerprint density at radius 3 is 2.65 bits per heavy atom. The number of para-hydroxylation sites is 2. The molecule has 0 spiro atoms. The van der Waals surface area contributed by atoms with Crippen molar-refractivity contribution in [1.82, 2.24) is 9.97 Å². The van der Waals surface area contributed by atoms with E-state index in [-0.39, 0.29) is 0 Å². The fourth-order valence-electron chi connectivity index (χ4n) is 1.72. The summed E-state index contributed by atoms with van der Waals surface area (Å²) in [5.74, 6) is 0.454. The van der Waals surface area contributed by atoms with Crippen molar-refractivity contribution < 1.29 is 0 Å². The highest BCUT2D eigenvalue weighted by Gasteiger charge is 2.05. The highest BCUT2D eigenvalue weighted by atomic mass is 35.5. The van der Waals surface area contributed by atoms with Gasteiger partial charge in [0.1, 0.15) is 0 Å². The zero-order chi connectivity index (χ0) is 13.9. The van der Waals surface area contributed by atoms with Crippen LogP contribution in [0, 0.1) is 6.92 Å². The maximum absolute atomic E-state index is 6.09. The Labute approximate surface area is 125 Å². The second-order valence-corrected chi connectivity index (χ2v) is 5.50. The second-order valence-electron chi connectivity index (χ2n) is 4.19. The van der Waals surface area contributed by atoms with E-state index in [0.717, 1.165) is 15.9 Å². The quantitative estimate of drug-likeness (QED) is 0.585. The van der Waals surface area contributed by atoms with E-state index in [1.165, 1.54) is 5.56 Å². The lowest BCUT2D eigenvalue weighted by Gasteiger charge is -2.03. The number of fused-ring (bicyclic) bond motifs is 1. The number of nitrogens with zero attached hydrogens (tertiary/aromatic N) is 3. The van der Waals surface area contributed by atoms with E-state index in [1.54, 1.807) is 17.6 Å². The van der Waals surface area contributed by atoms with Gasteiger partial charge in [-0.1, -0.05) is 23.7 Å². The molecule has 1 N–H and O–H groups in total. The summed E-state index contributed by atoms with van der Waals surface area (Å²) in [7, 11) is 0. The molecule has 3 rings (SSSR count). The van der Waals surface area contributed by atoms with Crippen molar-refractivity contribution in [2.45, 2.75) is 6.92 Å². The molecule has 6 heteroatoms. The van der Waals surface area contributed by atoms with Crippen molar-refractivity contribution in [3.63, 3.8) is 0 Å². The summed E-state index contributed by atoms with van der Waals surface area (Å²) < 4.78 is 0. The highest BCUT2D eigenvalue weighted by molar-refractivity contribution is 7.11. The molecule has 0 amide bonds. The van der Waals surface area contributed by atoms with Crippen molar-refractivity contribution >= 4 is 46.0 Å². The third-order valence-electron chi connectivity index (χ3n) is 2.78. The van der Waals surface area contributed by atoms with Gasteiger partial charge in [0.25, 0.3) is 0 Å². The Morgan fingerprint density at radius 2 is 1.95 bits per heavy atom. The minimum atomic E-state index is 0.309. The number of thiophene rings is 1. The third-order valence-corrected chi connectivity index (χ3v) is 4.00. The van der Waals surface area contributed by atoms with Gasteiger partial charge in [0.2, 0.25) is 0 Å². The lowest BCUT2D eigenvalue weighted by Crippen LogP contribution is -1.97. The van der Waals surface area contributed by atoms with E-state index >= 15 is 0 Å². The number of aromatic nitrogens is 2. The number of nitrogens with one attached hydrogen (secondary N) is 1. The number of hydrogen-bond acceptors (Lipinski definition) is 5. The van der Waals surface area contributed by atoms with Crippen LogP contribution in [0.1, 0.15) is 10.4 Å². The summed E-state index contributed by atoms with van der Waals surface area (Å²) in [6.07, 6.45) is 1.76. The average molecular weight is 303 g/mol. The molecule has 0 aliphatic heterocycles. The van der Waals surface area contributed by atoms with Crippen LogP contribution in [-0.2, 0) is 0 Å². The first-order valence-electron chi connectivity index (χ1n) is 5.99. The monoisotopic (exact) mass is 302 g/mol. The molecule has 0 fully saturated rings. The van der Waals surface area contributed by atoms with E-state index in [9.17, 15) is 0 Å². The van der Waals surface area contributed by atoms with Gasteiger partial charge in [-0.15, -0.1) is 11.3 Å². The van der Waals surface area contributed by atoms with Crippen LogP contribution in [0.2, 0.25) is 5.15 Å². The Balaban J connectivity index is 1.85. The fourth-order valence-corrected chi connectivity index (χ4v) is 2.68. The molecular weight excluding hydrogens is 292 g/mol. The number of anilines is 1. The molecule has 4 nitrogen and oxygen atoms in total. The summed E-state index contributed by atoms with van der Waals surface area (Å²) in [4.78, 5) is 9.78. The van der Waals surface area contributed by atoms with Gasteiger partial charge in [0, 0.05) is 4.88 Å². The van der Waals surface area contributed by atoms with Crippen molar-refractivity contribution in [3.05, 3.63) is 51.3 Å². The van der Waals surface area contributed by atoms with Crippen LogP contribution in [-0.4, -0.2) is 16.2 Å². The van der Waals surface area contributed by atoms with Crippen molar-refractivity contribution in [2.24, 2.45) is 5.10 Å². The van der Waals surface area contributed by atoms with Gasteiger partial charge in [-0.25, -0.2) is 9.97 Å². The van der Waals surface area contributed by atoms with Gasteiger partial charge in [0.15, 0.2) is 11.0 Å². The predicted octanol–water partition coefficient (Wildman–Crippen LogP) is 4.10. The van der Waals surface area contributed by atoms with Gasteiger partial charge >= 0.3 is 0 Å². The van der Waals surface area contributed by atoms with Gasteiger partial charge in [0.05, 0.1) is 17.2 Å². The minimum Gasteiger partial charge on any atom is -0.259 e. The Hall–Kier alpha value is -1.98. The third kappa shape index (κ3) is 2.64. The Kier molecular flexibility index (Phi) is 3.62. The van der Waals surface area contributed by atoms with Crippen LogP contribution in [0.25, 0.3) is 11.0 Å². The Bertz CT molecular complexity index is 782. The van der Waals surface area contributed by atoms with Crippen LogP contribution in [0.3, 0.4) is 0 Å². The molecule has 100 valence electrons. The van der Waals surface area contributed by atoms with E-state index in [4.69, 9.17) is 11.6 Å². The molecule has 0 aliphatic carbocycles. The number of halogens is 1. The summed E-state index contributed by atoms with van der Waals surface area (Å²) in [6.45, 7) is 2.04.